The molecule has 0 aliphatic carbocycles. The predicted octanol–water partition coefficient (Wildman–Crippen LogP) is 2.18. The van der Waals surface area contributed by atoms with Crippen LogP contribution in [0.25, 0.3) is 0 Å². The maximum atomic E-state index is 10.2. The van der Waals surface area contributed by atoms with Crippen molar-refractivity contribution in [1.82, 2.24) is 15.5 Å². The molecular weight excluding hydrogens is 262 g/mol. The highest BCUT2D eigenvalue weighted by Crippen LogP contribution is 2.36. The van der Waals surface area contributed by atoms with Gasteiger partial charge in [-0.05, 0) is 60.0 Å². The van der Waals surface area contributed by atoms with E-state index in [2.05, 4.69) is 64.1 Å². The molecule has 3 N–H and O–H groups in total. The molecule has 0 spiro atoms. The minimum absolute atomic E-state index is 0.156. The number of hydrogen-bond acceptors (Lipinski definition) is 4. The largest absolute Gasteiger partial charge is 0.377 e. The van der Waals surface area contributed by atoms with E-state index >= 15 is 0 Å². The Labute approximate surface area is 131 Å². The Morgan fingerprint density at radius 3 is 2.14 bits per heavy atom. The van der Waals surface area contributed by atoms with E-state index < -0.39 is 6.23 Å². The average molecular weight is 300 g/mol. The Kier molecular flexibility index (Phi) is 6.66. The topological polar surface area (TPSA) is 47.5 Å². The molecule has 0 radical (unpaired) electrons. The van der Waals surface area contributed by atoms with Crippen LogP contribution in [0, 0.1) is 5.92 Å². The molecule has 21 heavy (non-hydrogen) atoms. The molecule has 2 unspecified atom stereocenters. The van der Waals surface area contributed by atoms with Crippen molar-refractivity contribution in [3.63, 3.8) is 0 Å². The van der Waals surface area contributed by atoms with Crippen LogP contribution >= 0.6 is 0 Å². The van der Waals surface area contributed by atoms with Crippen molar-refractivity contribution >= 4 is 0 Å². The lowest BCUT2D eigenvalue weighted by molar-refractivity contribution is -0.0295. The van der Waals surface area contributed by atoms with Gasteiger partial charge in [-0.15, -0.1) is 0 Å². The quantitative estimate of drug-likeness (QED) is 0.631. The SMILES string of the molecule is CCC(C)CNCC(O)NC1CC(C)(C)N(C)C(C)(C)C1. The second kappa shape index (κ2) is 7.40. The van der Waals surface area contributed by atoms with Crippen molar-refractivity contribution in [2.24, 2.45) is 5.92 Å². The predicted molar refractivity (Wildman–Crippen MR) is 90.4 cm³/mol. The highest BCUT2D eigenvalue weighted by molar-refractivity contribution is 5.00. The highest BCUT2D eigenvalue weighted by atomic mass is 16.3. The summed E-state index contributed by atoms with van der Waals surface area (Å²) < 4.78 is 0. The van der Waals surface area contributed by atoms with E-state index in [4.69, 9.17) is 0 Å². The lowest BCUT2D eigenvalue weighted by Crippen LogP contribution is -2.63. The number of rotatable bonds is 7. The van der Waals surface area contributed by atoms with Crippen LogP contribution in [0.3, 0.4) is 0 Å². The van der Waals surface area contributed by atoms with E-state index in [0.29, 0.717) is 18.5 Å². The zero-order valence-corrected chi connectivity index (χ0v) is 15.2. The number of nitrogens with zero attached hydrogens (tertiary/aromatic N) is 1. The van der Waals surface area contributed by atoms with Crippen LogP contribution in [0.15, 0.2) is 0 Å². The van der Waals surface area contributed by atoms with Crippen molar-refractivity contribution in [3.05, 3.63) is 0 Å². The summed E-state index contributed by atoms with van der Waals surface area (Å²) in [4.78, 5) is 2.46. The Hall–Kier alpha value is -0.160. The van der Waals surface area contributed by atoms with Crippen molar-refractivity contribution in [1.29, 1.82) is 0 Å². The molecule has 0 aromatic rings. The Morgan fingerprint density at radius 1 is 1.14 bits per heavy atom. The second-order valence-electron chi connectivity index (χ2n) is 8.14. The first-order valence-corrected chi connectivity index (χ1v) is 8.47. The van der Waals surface area contributed by atoms with Gasteiger partial charge in [-0.2, -0.15) is 0 Å². The van der Waals surface area contributed by atoms with E-state index in [-0.39, 0.29) is 11.1 Å². The molecule has 0 amide bonds. The van der Waals surface area contributed by atoms with Gasteiger partial charge in [0, 0.05) is 23.7 Å². The van der Waals surface area contributed by atoms with Gasteiger partial charge in [0.15, 0.2) is 0 Å². The molecular formula is C17H37N3O. The van der Waals surface area contributed by atoms with Crippen LogP contribution in [0.5, 0.6) is 0 Å². The molecule has 126 valence electrons. The van der Waals surface area contributed by atoms with Gasteiger partial charge in [0.05, 0.1) is 0 Å². The van der Waals surface area contributed by atoms with Crippen molar-refractivity contribution in [2.75, 3.05) is 20.1 Å². The standard InChI is InChI=1S/C17H37N3O/c1-8-13(2)11-18-12-15(21)19-14-9-16(3,4)20(7)17(5,6)10-14/h13-15,18-19,21H,8-12H2,1-7H3. The average Bonchev–Trinajstić information content (AvgIpc) is 2.34. The molecule has 0 aromatic heterocycles. The number of nitrogens with one attached hydrogen (secondary N) is 2. The fraction of sp³-hybridized carbons (Fsp3) is 1.00. The zero-order valence-electron chi connectivity index (χ0n) is 15.2. The molecule has 4 nitrogen and oxygen atoms in total. The van der Waals surface area contributed by atoms with Crippen LogP contribution in [-0.2, 0) is 0 Å². The first kappa shape index (κ1) is 18.9. The third-order valence-electron chi connectivity index (χ3n) is 5.26. The summed E-state index contributed by atoms with van der Waals surface area (Å²) in [6.45, 7) is 15.2. The van der Waals surface area contributed by atoms with Gasteiger partial charge in [-0.25, -0.2) is 0 Å². The third kappa shape index (κ3) is 5.51. The number of likely N-dealkylation sites (tertiary alicyclic amines) is 1. The van der Waals surface area contributed by atoms with Crippen molar-refractivity contribution < 1.29 is 5.11 Å². The van der Waals surface area contributed by atoms with Gasteiger partial charge in [-0.1, -0.05) is 20.3 Å². The summed E-state index contributed by atoms with van der Waals surface area (Å²) >= 11 is 0. The highest BCUT2D eigenvalue weighted by Gasteiger charge is 2.43. The zero-order chi connectivity index (χ0) is 16.3. The summed E-state index contributed by atoms with van der Waals surface area (Å²) in [5.74, 6) is 0.665. The lowest BCUT2D eigenvalue weighted by Gasteiger charge is -2.54. The van der Waals surface area contributed by atoms with Crippen LogP contribution in [0.2, 0.25) is 0 Å². The molecule has 0 saturated carbocycles. The first-order chi connectivity index (χ1) is 9.58. The van der Waals surface area contributed by atoms with E-state index in [0.717, 1.165) is 19.4 Å². The molecule has 1 aliphatic heterocycles. The van der Waals surface area contributed by atoms with E-state index in [1.807, 2.05) is 0 Å². The molecule has 0 aromatic carbocycles. The van der Waals surface area contributed by atoms with E-state index in [1.54, 1.807) is 0 Å². The molecule has 1 heterocycles. The van der Waals surface area contributed by atoms with Gasteiger partial charge in [0.25, 0.3) is 0 Å². The molecule has 1 fully saturated rings. The van der Waals surface area contributed by atoms with Gasteiger partial charge in [0.2, 0.25) is 0 Å². The molecule has 1 saturated heterocycles. The number of aliphatic hydroxyl groups is 1. The molecule has 2 atom stereocenters. The summed E-state index contributed by atoms with van der Waals surface area (Å²) in [5.41, 5.74) is 0.312. The smallest absolute Gasteiger partial charge is 0.117 e. The molecule has 0 bridgehead atoms. The van der Waals surface area contributed by atoms with Gasteiger partial charge in [0.1, 0.15) is 6.23 Å². The fourth-order valence-corrected chi connectivity index (χ4v) is 3.43. The van der Waals surface area contributed by atoms with Crippen LogP contribution in [0.1, 0.15) is 60.8 Å². The summed E-state index contributed by atoms with van der Waals surface area (Å²) in [6.07, 6.45) is 2.84. The Morgan fingerprint density at radius 2 is 1.67 bits per heavy atom. The van der Waals surface area contributed by atoms with E-state index in [9.17, 15) is 5.11 Å². The first-order valence-electron chi connectivity index (χ1n) is 8.47. The number of aliphatic hydroxyl groups excluding tert-OH is 1. The second-order valence-corrected chi connectivity index (χ2v) is 8.14. The van der Waals surface area contributed by atoms with E-state index in [1.165, 1.54) is 6.42 Å². The van der Waals surface area contributed by atoms with Crippen molar-refractivity contribution in [2.45, 2.75) is 84.2 Å². The molecule has 1 rings (SSSR count). The molecule has 4 heteroatoms. The van der Waals surface area contributed by atoms with Gasteiger partial charge in [-0.3, -0.25) is 10.2 Å². The lowest BCUT2D eigenvalue weighted by atomic mass is 9.77. The third-order valence-corrected chi connectivity index (χ3v) is 5.26. The van der Waals surface area contributed by atoms with Gasteiger partial charge >= 0.3 is 0 Å². The van der Waals surface area contributed by atoms with Gasteiger partial charge < -0.3 is 10.4 Å². The number of piperidine rings is 1. The Bertz CT molecular complexity index is 299. The monoisotopic (exact) mass is 299 g/mol. The molecule has 1 aliphatic rings. The summed E-state index contributed by atoms with van der Waals surface area (Å²) in [7, 11) is 2.21. The minimum Gasteiger partial charge on any atom is -0.377 e. The normalized spacial score (nSPS) is 25.7. The number of hydrogen-bond donors (Lipinski definition) is 3. The summed E-state index contributed by atoms with van der Waals surface area (Å²) in [6, 6.07) is 0.367. The van der Waals surface area contributed by atoms with Crippen LogP contribution in [0.4, 0.5) is 0 Å². The fourth-order valence-electron chi connectivity index (χ4n) is 3.43. The summed E-state index contributed by atoms with van der Waals surface area (Å²) in [5, 5.41) is 17.0. The van der Waals surface area contributed by atoms with Crippen molar-refractivity contribution in [3.8, 4) is 0 Å². The maximum Gasteiger partial charge on any atom is 0.117 e. The maximum absolute atomic E-state index is 10.2. The van der Waals surface area contributed by atoms with Crippen LogP contribution in [-0.4, -0.2) is 53.5 Å². The Balaban J connectivity index is 2.44. The minimum atomic E-state index is -0.464. The van der Waals surface area contributed by atoms with Crippen LogP contribution < -0.4 is 10.6 Å².